The van der Waals surface area contributed by atoms with Crippen LogP contribution in [0.25, 0.3) is 0 Å². The van der Waals surface area contributed by atoms with Crippen LogP contribution in [0.1, 0.15) is 18.6 Å². The van der Waals surface area contributed by atoms with Crippen LogP contribution < -0.4 is 0 Å². The molecule has 0 unspecified atom stereocenters. The molecule has 3 rings (SSSR count). The van der Waals surface area contributed by atoms with E-state index in [1.807, 2.05) is 6.07 Å². The zero-order chi connectivity index (χ0) is 13.3. The van der Waals surface area contributed by atoms with E-state index in [4.69, 9.17) is 9.15 Å². The zero-order valence-electron chi connectivity index (χ0n) is 10.7. The van der Waals surface area contributed by atoms with Gasteiger partial charge in [-0.3, -0.25) is 0 Å². The van der Waals surface area contributed by atoms with Crippen molar-refractivity contribution in [3.05, 3.63) is 24.2 Å². The van der Waals surface area contributed by atoms with Crippen molar-refractivity contribution in [2.75, 3.05) is 26.3 Å². The van der Waals surface area contributed by atoms with Crippen LogP contribution in [0.3, 0.4) is 0 Å². The highest BCUT2D eigenvalue weighted by atomic mass is 32.2. The first kappa shape index (κ1) is 13.1. The molecule has 0 spiro atoms. The summed E-state index contributed by atoms with van der Waals surface area (Å²) in [6.07, 6.45) is 3.44. The van der Waals surface area contributed by atoms with E-state index in [1.165, 1.54) is 4.31 Å². The van der Waals surface area contributed by atoms with Crippen molar-refractivity contribution in [3.63, 3.8) is 0 Å². The molecule has 2 aliphatic rings. The van der Waals surface area contributed by atoms with Crippen molar-refractivity contribution in [1.29, 1.82) is 0 Å². The Morgan fingerprint density at radius 1 is 1.32 bits per heavy atom. The molecule has 0 bridgehead atoms. The lowest BCUT2D eigenvalue weighted by Crippen LogP contribution is -2.49. The maximum atomic E-state index is 12.6. The predicted octanol–water partition coefficient (Wildman–Crippen LogP) is 0.821. The number of ether oxygens (including phenoxy) is 1. The molecular weight excluding hydrogens is 268 g/mol. The van der Waals surface area contributed by atoms with E-state index in [-0.39, 0.29) is 6.04 Å². The summed E-state index contributed by atoms with van der Waals surface area (Å²) < 4.78 is 38.9. The van der Waals surface area contributed by atoms with Gasteiger partial charge in [-0.15, -0.1) is 0 Å². The molecule has 6 nitrogen and oxygen atoms in total. The Bertz CT molecular complexity index is 504. The number of hydrogen-bond acceptors (Lipinski definition) is 4. The van der Waals surface area contributed by atoms with E-state index < -0.39 is 10.2 Å². The molecule has 0 aromatic carbocycles. The smallest absolute Gasteiger partial charge is 0.282 e. The molecule has 0 atom stereocenters. The second-order valence-electron chi connectivity index (χ2n) is 4.87. The van der Waals surface area contributed by atoms with Crippen LogP contribution in [0.4, 0.5) is 0 Å². The van der Waals surface area contributed by atoms with Gasteiger partial charge in [-0.2, -0.15) is 17.0 Å². The van der Waals surface area contributed by atoms with Crippen molar-refractivity contribution in [2.45, 2.75) is 25.4 Å². The van der Waals surface area contributed by atoms with Crippen molar-refractivity contribution in [1.82, 2.24) is 8.61 Å². The maximum absolute atomic E-state index is 12.6. The first-order chi connectivity index (χ1) is 9.18. The average Bonchev–Trinajstić information content (AvgIpc) is 3.13. The van der Waals surface area contributed by atoms with Crippen molar-refractivity contribution >= 4 is 10.2 Å². The highest BCUT2D eigenvalue weighted by Crippen LogP contribution is 2.32. The summed E-state index contributed by atoms with van der Waals surface area (Å²) in [4.78, 5) is 0. The highest BCUT2D eigenvalue weighted by Gasteiger charge is 2.41. The fourth-order valence-corrected chi connectivity index (χ4v) is 4.03. The minimum atomic E-state index is -3.41. The van der Waals surface area contributed by atoms with E-state index in [2.05, 4.69) is 0 Å². The third kappa shape index (κ3) is 2.84. The van der Waals surface area contributed by atoms with Gasteiger partial charge < -0.3 is 9.15 Å². The summed E-state index contributed by atoms with van der Waals surface area (Å²) in [6, 6.07) is 3.71. The van der Waals surface area contributed by atoms with Crippen LogP contribution >= 0.6 is 0 Å². The Labute approximate surface area is 113 Å². The minimum Gasteiger partial charge on any atom is -0.468 e. The Balaban J connectivity index is 1.78. The second-order valence-corrected chi connectivity index (χ2v) is 6.76. The van der Waals surface area contributed by atoms with Crippen LogP contribution in [-0.4, -0.2) is 49.4 Å². The molecule has 0 amide bonds. The van der Waals surface area contributed by atoms with Gasteiger partial charge in [0, 0.05) is 19.1 Å². The molecule has 1 aliphatic carbocycles. The van der Waals surface area contributed by atoms with E-state index in [9.17, 15) is 8.42 Å². The third-order valence-electron chi connectivity index (χ3n) is 3.44. The molecule has 1 saturated carbocycles. The van der Waals surface area contributed by atoms with Crippen molar-refractivity contribution < 1.29 is 17.6 Å². The number of furan rings is 1. The fourth-order valence-electron chi connectivity index (χ4n) is 2.24. The zero-order valence-corrected chi connectivity index (χ0v) is 11.5. The highest BCUT2D eigenvalue weighted by molar-refractivity contribution is 7.86. The van der Waals surface area contributed by atoms with E-state index in [0.29, 0.717) is 38.6 Å². The molecule has 0 N–H and O–H groups in total. The van der Waals surface area contributed by atoms with Gasteiger partial charge in [-0.05, 0) is 25.0 Å². The number of nitrogens with zero attached hydrogens (tertiary/aromatic N) is 2. The summed E-state index contributed by atoms with van der Waals surface area (Å²) >= 11 is 0. The minimum absolute atomic E-state index is 0.123. The quantitative estimate of drug-likeness (QED) is 0.804. The maximum Gasteiger partial charge on any atom is 0.282 e. The molecule has 1 aliphatic heterocycles. The molecule has 1 aromatic rings. The van der Waals surface area contributed by atoms with Gasteiger partial charge in [-0.1, -0.05) is 0 Å². The van der Waals surface area contributed by atoms with Gasteiger partial charge in [0.1, 0.15) is 5.76 Å². The Hall–Kier alpha value is -0.890. The van der Waals surface area contributed by atoms with Crippen LogP contribution in [0.15, 0.2) is 22.8 Å². The Morgan fingerprint density at radius 3 is 2.63 bits per heavy atom. The summed E-state index contributed by atoms with van der Waals surface area (Å²) in [6.45, 7) is 2.13. The molecule has 7 heteroatoms. The summed E-state index contributed by atoms with van der Waals surface area (Å²) in [5, 5.41) is 0. The van der Waals surface area contributed by atoms with Gasteiger partial charge in [-0.25, -0.2) is 0 Å². The van der Waals surface area contributed by atoms with Crippen LogP contribution in [0.2, 0.25) is 0 Å². The van der Waals surface area contributed by atoms with Gasteiger partial charge in [0.2, 0.25) is 0 Å². The van der Waals surface area contributed by atoms with Crippen molar-refractivity contribution in [2.24, 2.45) is 0 Å². The van der Waals surface area contributed by atoms with Crippen molar-refractivity contribution in [3.8, 4) is 0 Å². The molecule has 2 fully saturated rings. The average molecular weight is 286 g/mol. The standard InChI is InChI=1S/C12H18N2O4S/c15-19(16,13-5-8-17-9-6-13)14(11-3-4-11)10-12-2-1-7-18-12/h1-2,7,11H,3-6,8-10H2. The predicted molar refractivity (Wildman–Crippen MR) is 68.6 cm³/mol. The molecular formula is C12H18N2O4S. The number of hydrogen-bond donors (Lipinski definition) is 0. The first-order valence-corrected chi connectivity index (χ1v) is 7.94. The molecule has 2 heterocycles. The molecule has 1 saturated heterocycles. The lowest BCUT2D eigenvalue weighted by atomic mass is 10.4. The molecule has 106 valence electrons. The van der Waals surface area contributed by atoms with E-state index in [0.717, 1.165) is 12.8 Å². The third-order valence-corrected chi connectivity index (χ3v) is 5.48. The second kappa shape index (κ2) is 5.24. The Kier molecular flexibility index (Phi) is 3.62. The monoisotopic (exact) mass is 286 g/mol. The van der Waals surface area contributed by atoms with Gasteiger partial charge in [0.15, 0.2) is 0 Å². The summed E-state index contributed by atoms with van der Waals surface area (Å²) in [7, 11) is -3.41. The van der Waals surface area contributed by atoms with E-state index in [1.54, 1.807) is 16.6 Å². The topological polar surface area (TPSA) is 63.0 Å². The number of morpholine rings is 1. The SMILES string of the molecule is O=S(=O)(N1CCOCC1)N(Cc1ccco1)C1CC1. The van der Waals surface area contributed by atoms with Gasteiger partial charge in [0.05, 0.1) is 26.0 Å². The van der Waals surface area contributed by atoms with E-state index >= 15 is 0 Å². The molecule has 19 heavy (non-hydrogen) atoms. The van der Waals surface area contributed by atoms with Gasteiger partial charge >= 0.3 is 0 Å². The molecule has 1 aromatic heterocycles. The lowest BCUT2D eigenvalue weighted by Gasteiger charge is -2.31. The van der Waals surface area contributed by atoms with Gasteiger partial charge in [0.25, 0.3) is 10.2 Å². The lowest BCUT2D eigenvalue weighted by molar-refractivity contribution is 0.0696. The first-order valence-electron chi connectivity index (χ1n) is 6.55. The Morgan fingerprint density at radius 2 is 2.05 bits per heavy atom. The van der Waals surface area contributed by atoms with Crippen LogP contribution in [0.5, 0.6) is 0 Å². The summed E-state index contributed by atoms with van der Waals surface area (Å²) in [5.41, 5.74) is 0. The largest absolute Gasteiger partial charge is 0.468 e. The normalized spacial score (nSPS) is 21.9. The van der Waals surface area contributed by atoms with Crippen LogP contribution in [-0.2, 0) is 21.5 Å². The van der Waals surface area contributed by atoms with Crippen LogP contribution in [0, 0.1) is 0 Å². The molecule has 0 radical (unpaired) electrons. The summed E-state index contributed by atoms with van der Waals surface area (Å²) in [5.74, 6) is 0.684. The fraction of sp³-hybridized carbons (Fsp3) is 0.667. The number of rotatable bonds is 5.